The minimum atomic E-state index is -0.429. The minimum Gasteiger partial charge on any atom is -0.467 e. The van der Waals surface area contributed by atoms with Crippen molar-refractivity contribution in [1.29, 1.82) is 0 Å². The molecule has 0 unspecified atom stereocenters. The highest BCUT2D eigenvalue weighted by Gasteiger charge is 2.22. The molecule has 1 heterocycles. The Morgan fingerprint density at radius 3 is 2.41 bits per heavy atom. The number of nitrogens with one attached hydrogen (secondary N) is 2. The highest BCUT2D eigenvalue weighted by Crippen LogP contribution is 2.21. The molecule has 3 amide bonds. The van der Waals surface area contributed by atoms with E-state index in [1.165, 1.54) is 12.1 Å². The van der Waals surface area contributed by atoms with E-state index in [-0.39, 0.29) is 30.7 Å². The number of furan rings is 1. The third-order valence-electron chi connectivity index (χ3n) is 4.61. The SMILES string of the molecule is CC(C)(C)NC(=O)N(Cc1ccc(F)cc1)c1cccc(CC(=O)NCc2ccco2)c1. The minimum absolute atomic E-state index is 0.150. The molecule has 2 N–H and O–H groups in total. The molecule has 0 atom stereocenters. The lowest BCUT2D eigenvalue weighted by molar-refractivity contribution is -0.120. The van der Waals surface area contributed by atoms with E-state index in [0.717, 1.165) is 11.1 Å². The maximum Gasteiger partial charge on any atom is 0.322 e. The van der Waals surface area contributed by atoms with Crippen LogP contribution in [0.2, 0.25) is 0 Å². The Balaban J connectivity index is 1.76. The lowest BCUT2D eigenvalue weighted by Crippen LogP contribution is -2.48. The van der Waals surface area contributed by atoms with Crippen molar-refractivity contribution in [2.24, 2.45) is 0 Å². The number of benzene rings is 2. The van der Waals surface area contributed by atoms with Crippen molar-refractivity contribution in [2.45, 2.75) is 45.8 Å². The van der Waals surface area contributed by atoms with Gasteiger partial charge in [-0.25, -0.2) is 9.18 Å². The monoisotopic (exact) mass is 437 g/mol. The van der Waals surface area contributed by atoms with Gasteiger partial charge in [0.05, 0.1) is 25.8 Å². The lowest BCUT2D eigenvalue weighted by atomic mass is 10.1. The first-order chi connectivity index (χ1) is 15.2. The Morgan fingerprint density at radius 1 is 1.00 bits per heavy atom. The molecule has 0 aliphatic carbocycles. The third-order valence-corrected chi connectivity index (χ3v) is 4.61. The van der Waals surface area contributed by atoms with Gasteiger partial charge in [-0.1, -0.05) is 24.3 Å². The fourth-order valence-electron chi connectivity index (χ4n) is 3.12. The molecule has 7 heteroatoms. The van der Waals surface area contributed by atoms with Crippen molar-refractivity contribution in [3.05, 3.63) is 89.6 Å². The van der Waals surface area contributed by atoms with E-state index in [0.29, 0.717) is 18.0 Å². The Labute approximate surface area is 187 Å². The number of urea groups is 1. The number of hydrogen-bond acceptors (Lipinski definition) is 3. The molecule has 0 aliphatic heterocycles. The summed E-state index contributed by atoms with van der Waals surface area (Å²) in [5.74, 6) is 0.196. The molecule has 0 bridgehead atoms. The molecule has 3 aromatic rings. The van der Waals surface area contributed by atoms with Crippen LogP contribution < -0.4 is 15.5 Å². The third kappa shape index (κ3) is 6.97. The van der Waals surface area contributed by atoms with Gasteiger partial charge in [-0.05, 0) is 68.3 Å². The molecule has 3 rings (SSSR count). The van der Waals surface area contributed by atoms with Crippen molar-refractivity contribution in [3.63, 3.8) is 0 Å². The van der Waals surface area contributed by atoms with Crippen molar-refractivity contribution in [1.82, 2.24) is 10.6 Å². The normalized spacial score (nSPS) is 11.1. The van der Waals surface area contributed by atoms with Gasteiger partial charge in [-0.3, -0.25) is 9.69 Å². The topological polar surface area (TPSA) is 74.6 Å². The van der Waals surface area contributed by atoms with Gasteiger partial charge in [0.1, 0.15) is 11.6 Å². The van der Waals surface area contributed by atoms with Gasteiger partial charge in [0.2, 0.25) is 5.91 Å². The second kappa shape index (κ2) is 10.1. The smallest absolute Gasteiger partial charge is 0.322 e. The number of rotatable bonds is 7. The van der Waals surface area contributed by atoms with E-state index in [1.807, 2.05) is 45.0 Å². The molecular weight excluding hydrogens is 409 g/mol. The number of halogens is 1. The molecule has 1 aromatic heterocycles. The highest BCUT2D eigenvalue weighted by atomic mass is 19.1. The van der Waals surface area contributed by atoms with Gasteiger partial charge in [0.25, 0.3) is 0 Å². The molecule has 0 saturated heterocycles. The van der Waals surface area contributed by atoms with Crippen molar-refractivity contribution in [2.75, 3.05) is 4.90 Å². The first-order valence-electron chi connectivity index (χ1n) is 10.4. The summed E-state index contributed by atoms with van der Waals surface area (Å²) in [7, 11) is 0. The van der Waals surface area contributed by atoms with Gasteiger partial charge in [-0.15, -0.1) is 0 Å². The second-order valence-electron chi connectivity index (χ2n) is 8.60. The summed E-state index contributed by atoms with van der Waals surface area (Å²) in [5.41, 5.74) is 1.78. The van der Waals surface area contributed by atoms with Crippen molar-refractivity contribution >= 4 is 17.6 Å². The van der Waals surface area contributed by atoms with Crippen LogP contribution >= 0.6 is 0 Å². The van der Waals surface area contributed by atoms with Crippen molar-refractivity contribution in [3.8, 4) is 0 Å². The number of hydrogen-bond donors (Lipinski definition) is 2. The first kappa shape index (κ1) is 23.1. The van der Waals surface area contributed by atoms with Gasteiger partial charge in [0, 0.05) is 11.2 Å². The molecule has 6 nitrogen and oxygen atoms in total. The number of amides is 3. The molecule has 0 fully saturated rings. The Hall–Kier alpha value is -3.61. The van der Waals surface area contributed by atoms with Gasteiger partial charge < -0.3 is 15.1 Å². The summed E-state index contributed by atoms with van der Waals surface area (Å²) in [6.45, 7) is 6.29. The zero-order valence-electron chi connectivity index (χ0n) is 18.5. The van der Waals surface area contributed by atoms with Crippen LogP contribution in [0.5, 0.6) is 0 Å². The van der Waals surface area contributed by atoms with E-state index in [9.17, 15) is 14.0 Å². The summed E-state index contributed by atoms with van der Waals surface area (Å²) in [5, 5.41) is 5.79. The Morgan fingerprint density at radius 2 is 1.75 bits per heavy atom. The summed E-state index contributed by atoms with van der Waals surface area (Å²) in [6.07, 6.45) is 1.73. The summed E-state index contributed by atoms with van der Waals surface area (Å²) >= 11 is 0. The lowest BCUT2D eigenvalue weighted by Gasteiger charge is -2.29. The quantitative estimate of drug-likeness (QED) is 0.558. The van der Waals surface area contributed by atoms with E-state index in [4.69, 9.17) is 4.42 Å². The maximum absolute atomic E-state index is 13.3. The fourth-order valence-corrected chi connectivity index (χ4v) is 3.12. The zero-order valence-corrected chi connectivity index (χ0v) is 18.5. The Kier molecular flexibility index (Phi) is 7.30. The van der Waals surface area contributed by atoms with Crippen LogP contribution in [-0.2, 0) is 24.3 Å². The van der Waals surface area contributed by atoms with Gasteiger partial charge >= 0.3 is 6.03 Å². The Bertz CT molecular complexity index is 1040. The predicted molar refractivity (Wildman–Crippen MR) is 122 cm³/mol. The molecule has 0 radical (unpaired) electrons. The maximum atomic E-state index is 13.3. The molecular formula is C25H28FN3O3. The van der Waals surface area contributed by atoms with Gasteiger partial charge in [-0.2, -0.15) is 0 Å². The van der Waals surface area contributed by atoms with Gasteiger partial charge in [0.15, 0.2) is 0 Å². The van der Waals surface area contributed by atoms with Crippen LogP contribution in [-0.4, -0.2) is 17.5 Å². The van der Waals surface area contributed by atoms with Crippen LogP contribution in [0, 0.1) is 5.82 Å². The fraction of sp³-hybridized carbons (Fsp3) is 0.280. The van der Waals surface area contributed by atoms with E-state index >= 15 is 0 Å². The van der Waals surface area contributed by atoms with Crippen molar-refractivity contribution < 1.29 is 18.4 Å². The second-order valence-corrected chi connectivity index (χ2v) is 8.60. The number of carbonyl (C=O) groups is 2. The number of anilines is 1. The number of nitrogens with zero attached hydrogens (tertiary/aromatic N) is 1. The molecule has 2 aromatic carbocycles. The molecule has 168 valence electrons. The van der Waals surface area contributed by atoms with Crippen LogP contribution in [0.4, 0.5) is 14.9 Å². The molecule has 0 spiro atoms. The van der Waals surface area contributed by atoms with E-state index < -0.39 is 5.54 Å². The molecule has 32 heavy (non-hydrogen) atoms. The number of carbonyl (C=O) groups excluding carboxylic acids is 2. The summed E-state index contributed by atoms with van der Waals surface area (Å²) in [4.78, 5) is 27.0. The average Bonchev–Trinajstić information content (AvgIpc) is 3.24. The van der Waals surface area contributed by atoms with Crippen LogP contribution in [0.3, 0.4) is 0 Å². The molecule has 0 saturated carbocycles. The van der Waals surface area contributed by atoms with Crippen LogP contribution in [0.15, 0.2) is 71.3 Å². The summed E-state index contributed by atoms with van der Waals surface area (Å²) < 4.78 is 18.5. The largest absolute Gasteiger partial charge is 0.467 e. The van der Waals surface area contributed by atoms with E-state index in [2.05, 4.69) is 10.6 Å². The first-order valence-corrected chi connectivity index (χ1v) is 10.4. The standard InChI is InChI=1S/C25H28FN3O3/c1-25(2,3)28-24(31)29(17-18-9-11-20(26)12-10-18)21-7-4-6-19(14-21)15-23(30)27-16-22-8-5-13-32-22/h4-14H,15-17H2,1-3H3,(H,27,30)(H,28,31). The zero-order chi connectivity index (χ0) is 23.1. The highest BCUT2D eigenvalue weighted by molar-refractivity contribution is 5.92. The average molecular weight is 438 g/mol. The van der Waals surface area contributed by atoms with Crippen LogP contribution in [0.1, 0.15) is 37.7 Å². The van der Waals surface area contributed by atoms with E-state index in [1.54, 1.807) is 35.4 Å². The van der Waals surface area contributed by atoms with Crippen LogP contribution in [0.25, 0.3) is 0 Å². The molecule has 0 aliphatic rings. The predicted octanol–water partition coefficient (Wildman–Crippen LogP) is 4.79. The summed E-state index contributed by atoms with van der Waals surface area (Å²) in [6, 6.07) is 16.6.